The van der Waals surface area contributed by atoms with E-state index < -0.39 is 17.3 Å². The van der Waals surface area contributed by atoms with Crippen LogP contribution in [0.3, 0.4) is 0 Å². The van der Waals surface area contributed by atoms with Gasteiger partial charge in [0.25, 0.3) is 0 Å². The van der Waals surface area contributed by atoms with E-state index in [1.165, 1.54) is 10.5 Å². The predicted molar refractivity (Wildman–Crippen MR) is 108 cm³/mol. The van der Waals surface area contributed by atoms with E-state index in [9.17, 15) is 14.4 Å². The van der Waals surface area contributed by atoms with Crippen LogP contribution in [0, 0.1) is 25.2 Å². The van der Waals surface area contributed by atoms with Crippen LogP contribution < -0.4 is 10.6 Å². The normalized spacial score (nSPS) is 16.3. The summed E-state index contributed by atoms with van der Waals surface area (Å²) in [5.41, 5.74) is 2.41. The number of carboxylic acids is 1. The zero-order valence-corrected chi connectivity index (χ0v) is 17.2. The molecule has 0 aromatic heterocycles. The van der Waals surface area contributed by atoms with Crippen LogP contribution >= 0.6 is 0 Å². The van der Waals surface area contributed by atoms with Crippen LogP contribution in [0.4, 0.5) is 10.5 Å². The predicted octanol–water partition coefficient (Wildman–Crippen LogP) is 3.16. The second kappa shape index (κ2) is 9.08. The van der Waals surface area contributed by atoms with Crippen LogP contribution in [0.1, 0.15) is 43.7 Å². The number of nitrogens with one attached hydrogen (secondary N) is 2. The van der Waals surface area contributed by atoms with Gasteiger partial charge >= 0.3 is 12.0 Å². The van der Waals surface area contributed by atoms with Gasteiger partial charge < -0.3 is 20.6 Å². The summed E-state index contributed by atoms with van der Waals surface area (Å²) >= 11 is 0. The highest BCUT2D eigenvalue weighted by atomic mass is 16.4. The lowest BCUT2D eigenvalue weighted by Crippen LogP contribution is -2.48. The van der Waals surface area contributed by atoms with Gasteiger partial charge in [0.15, 0.2) is 0 Å². The van der Waals surface area contributed by atoms with Crippen LogP contribution in [0.5, 0.6) is 0 Å². The molecule has 0 aliphatic heterocycles. The molecule has 7 nitrogen and oxygen atoms in total. The van der Waals surface area contributed by atoms with E-state index in [1.54, 1.807) is 14.0 Å². The summed E-state index contributed by atoms with van der Waals surface area (Å²) in [6.45, 7) is 5.94. The van der Waals surface area contributed by atoms with E-state index >= 15 is 0 Å². The van der Waals surface area contributed by atoms with Crippen molar-refractivity contribution in [1.82, 2.24) is 10.2 Å². The first-order valence-electron chi connectivity index (χ1n) is 9.75. The summed E-state index contributed by atoms with van der Waals surface area (Å²) in [4.78, 5) is 37.7. The summed E-state index contributed by atoms with van der Waals surface area (Å²) in [5, 5.41) is 14.8. The van der Waals surface area contributed by atoms with Gasteiger partial charge in [-0.15, -0.1) is 0 Å². The molecule has 3 amide bonds. The zero-order valence-electron chi connectivity index (χ0n) is 17.2. The van der Waals surface area contributed by atoms with Gasteiger partial charge in [-0.25, -0.2) is 4.79 Å². The smallest absolute Gasteiger partial charge is 0.317 e. The van der Waals surface area contributed by atoms with Crippen LogP contribution in [-0.4, -0.2) is 48.1 Å². The van der Waals surface area contributed by atoms with E-state index in [4.69, 9.17) is 5.11 Å². The summed E-state index contributed by atoms with van der Waals surface area (Å²) in [7, 11) is 1.56. The maximum Gasteiger partial charge on any atom is 0.317 e. The first-order valence-corrected chi connectivity index (χ1v) is 9.75. The number of rotatable bonds is 7. The Morgan fingerprint density at radius 1 is 1.18 bits per heavy atom. The quantitative estimate of drug-likeness (QED) is 0.667. The number of carbonyl (C=O) groups excluding carboxylic acids is 2. The molecule has 1 aliphatic carbocycles. The molecule has 3 N–H and O–H groups in total. The van der Waals surface area contributed by atoms with Crippen molar-refractivity contribution in [1.29, 1.82) is 0 Å². The lowest BCUT2D eigenvalue weighted by molar-refractivity contribution is -0.141. The number of carboxylic acid groups (broad SMARTS) is 1. The van der Waals surface area contributed by atoms with E-state index in [0.717, 1.165) is 36.9 Å². The number of anilines is 1. The topological polar surface area (TPSA) is 98.7 Å². The van der Waals surface area contributed by atoms with E-state index in [0.29, 0.717) is 0 Å². The molecule has 0 bridgehead atoms. The van der Waals surface area contributed by atoms with E-state index in [2.05, 4.69) is 10.6 Å². The Bertz CT molecular complexity index is 741. The summed E-state index contributed by atoms with van der Waals surface area (Å²) in [6, 6.07) is 5.46. The number of urea groups is 1. The van der Waals surface area contributed by atoms with Gasteiger partial charge in [-0.3, -0.25) is 9.59 Å². The standard InChI is InChI=1S/C21H31N3O4/c1-14-7-8-17(11-15(14)2)23-19(27)21(9-5-6-10-21)13-22-20(28)24(4)12-16(3)18(25)26/h7-8,11,16H,5-6,9-10,12-13H2,1-4H3,(H,22,28)(H,23,27)(H,25,26). The van der Waals surface area contributed by atoms with Crippen molar-refractivity contribution in [2.75, 3.05) is 25.5 Å². The average Bonchev–Trinajstić information content (AvgIpc) is 3.12. The fraction of sp³-hybridized carbons (Fsp3) is 0.571. The van der Waals surface area contributed by atoms with Gasteiger partial charge in [-0.05, 0) is 49.9 Å². The fourth-order valence-corrected chi connectivity index (χ4v) is 3.57. The maximum atomic E-state index is 13.0. The van der Waals surface area contributed by atoms with Crippen molar-refractivity contribution in [2.24, 2.45) is 11.3 Å². The number of nitrogens with zero attached hydrogens (tertiary/aromatic N) is 1. The van der Waals surface area contributed by atoms with Gasteiger partial charge in [0.2, 0.25) is 5.91 Å². The Balaban J connectivity index is 2.00. The summed E-state index contributed by atoms with van der Waals surface area (Å²) in [6.07, 6.45) is 3.34. The minimum Gasteiger partial charge on any atom is -0.481 e. The third-order valence-electron chi connectivity index (χ3n) is 5.70. The van der Waals surface area contributed by atoms with Crippen molar-refractivity contribution in [3.63, 3.8) is 0 Å². The molecule has 1 fully saturated rings. The Morgan fingerprint density at radius 3 is 2.39 bits per heavy atom. The van der Waals surface area contributed by atoms with Crippen molar-refractivity contribution in [3.05, 3.63) is 29.3 Å². The third kappa shape index (κ3) is 5.24. The molecular formula is C21H31N3O4. The molecular weight excluding hydrogens is 358 g/mol. The van der Waals surface area contributed by atoms with Gasteiger partial charge in [0.1, 0.15) is 0 Å². The fourth-order valence-electron chi connectivity index (χ4n) is 3.57. The molecule has 7 heteroatoms. The van der Waals surface area contributed by atoms with E-state index in [1.807, 2.05) is 32.0 Å². The largest absolute Gasteiger partial charge is 0.481 e. The Hall–Kier alpha value is -2.57. The molecule has 154 valence electrons. The summed E-state index contributed by atoms with van der Waals surface area (Å²) < 4.78 is 0. The Kier molecular flexibility index (Phi) is 7.05. The first-order chi connectivity index (χ1) is 13.1. The highest BCUT2D eigenvalue weighted by Gasteiger charge is 2.41. The molecule has 0 radical (unpaired) electrons. The van der Waals surface area contributed by atoms with Crippen molar-refractivity contribution >= 4 is 23.6 Å². The molecule has 1 saturated carbocycles. The number of benzene rings is 1. The maximum absolute atomic E-state index is 13.0. The average molecular weight is 389 g/mol. The van der Waals surface area contributed by atoms with Crippen LogP contribution in [-0.2, 0) is 9.59 Å². The minimum absolute atomic E-state index is 0.0740. The van der Waals surface area contributed by atoms with E-state index in [-0.39, 0.29) is 25.0 Å². The van der Waals surface area contributed by atoms with Gasteiger partial charge in [-0.2, -0.15) is 0 Å². The van der Waals surface area contributed by atoms with Crippen molar-refractivity contribution in [3.8, 4) is 0 Å². The van der Waals surface area contributed by atoms with Crippen molar-refractivity contribution < 1.29 is 19.5 Å². The molecule has 2 rings (SSSR count). The van der Waals surface area contributed by atoms with Crippen molar-refractivity contribution in [2.45, 2.75) is 46.5 Å². The third-order valence-corrected chi connectivity index (χ3v) is 5.70. The molecule has 28 heavy (non-hydrogen) atoms. The number of hydrogen-bond acceptors (Lipinski definition) is 3. The Morgan fingerprint density at radius 2 is 1.82 bits per heavy atom. The SMILES string of the molecule is Cc1ccc(NC(=O)C2(CNC(=O)N(C)CC(C)C(=O)O)CCCC2)cc1C. The van der Waals surface area contributed by atoms with Gasteiger partial charge in [0, 0.05) is 25.8 Å². The number of amides is 3. The number of aryl methyl sites for hydroxylation is 2. The van der Waals surface area contributed by atoms with Gasteiger partial charge in [-0.1, -0.05) is 25.8 Å². The molecule has 0 heterocycles. The molecule has 1 atom stereocenters. The number of carbonyl (C=O) groups is 3. The van der Waals surface area contributed by atoms with Crippen LogP contribution in [0.15, 0.2) is 18.2 Å². The minimum atomic E-state index is -0.945. The Labute approximate surface area is 166 Å². The molecule has 1 unspecified atom stereocenters. The molecule has 1 aliphatic rings. The zero-order chi connectivity index (χ0) is 20.9. The summed E-state index contributed by atoms with van der Waals surface area (Å²) in [5.74, 6) is -1.67. The van der Waals surface area contributed by atoms with Gasteiger partial charge in [0.05, 0.1) is 11.3 Å². The number of hydrogen-bond donors (Lipinski definition) is 3. The van der Waals surface area contributed by atoms with Crippen LogP contribution in [0.25, 0.3) is 0 Å². The highest BCUT2D eigenvalue weighted by Crippen LogP contribution is 2.38. The lowest BCUT2D eigenvalue weighted by atomic mass is 9.84. The second-order valence-electron chi connectivity index (χ2n) is 8.02. The molecule has 0 saturated heterocycles. The highest BCUT2D eigenvalue weighted by molar-refractivity contribution is 5.96. The van der Waals surface area contributed by atoms with Crippen LogP contribution in [0.2, 0.25) is 0 Å². The molecule has 0 spiro atoms. The molecule has 1 aromatic carbocycles. The number of aliphatic carboxylic acids is 1. The monoisotopic (exact) mass is 389 g/mol. The first kappa shape index (κ1) is 21.7. The second-order valence-corrected chi connectivity index (χ2v) is 8.02. The molecule has 1 aromatic rings. The lowest BCUT2D eigenvalue weighted by Gasteiger charge is -2.29.